The molecule has 0 spiro atoms. The Morgan fingerprint density at radius 3 is 2.77 bits per heavy atom. The smallest absolute Gasteiger partial charge is 0.237 e. The van der Waals surface area contributed by atoms with E-state index in [1.807, 2.05) is 0 Å². The van der Waals surface area contributed by atoms with E-state index in [2.05, 4.69) is 29.6 Å². The number of carbonyl (C=O) groups is 1. The Bertz CT molecular complexity index is 503. The van der Waals surface area contributed by atoms with Gasteiger partial charge in [0.1, 0.15) is 0 Å². The molecule has 0 saturated carbocycles. The number of rotatable bonds is 4. The minimum absolute atomic E-state index is 0. The van der Waals surface area contributed by atoms with E-state index in [0.717, 1.165) is 38.9 Å². The lowest BCUT2D eigenvalue weighted by atomic mass is 9.91. The summed E-state index contributed by atoms with van der Waals surface area (Å²) in [5.74, 6) is 0.688. The highest BCUT2D eigenvalue weighted by Gasteiger charge is 2.28. The number of nitrogens with two attached hydrogens (primary N) is 1. The Hall–Kier alpha value is -1.10. The molecule has 2 atom stereocenters. The van der Waals surface area contributed by atoms with Gasteiger partial charge >= 0.3 is 0 Å². The van der Waals surface area contributed by atoms with Crippen molar-refractivity contribution in [3.63, 3.8) is 0 Å². The second-order valence-electron chi connectivity index (χ2n) is 6.16. The first-order valence-corrected chi connectivity index (χ1v) is 7.94. The van der Waals surface area contributed by atoms with Gasteiger partial charge < -0.3 is 15.8 Å². The fourth-order valence-corrected chi connectivity index (χ4v) is 3.49. The molecule has 1 aromatic carbocycles. The van der Waals surface area contributed by atoms with E-state index in [9.17, 15) is 4.79 Å². The number of ether oxygens (including phenoxy) is 1. The summed E-state index contributed by atoms with van der Waals surface area (Å²) in [5.41, 5.74) is 8.91. The molecule has 1 amide bonds. The van der Waals surface area contributed by atoms with E-state index in [1.165, 1.54) is 11.1 Å². The van der Waals surface area contributed by atoms with E-state index in [4.69, 9.17) is 10.5 Å². The van der Waals surface area contributed by atoms with Crippen LogP contribution in [-0.4, -0.2) is 31.7 Å². The molecule has 1 aliphatic heterocycles. The van der Waals surface area contributed by atoms with Crippen molar-refractivity contribution in [2.45, 2.75) is 37.6 Å². The van der Waals surface area contributed by atoms with Gasteiger partial charge in [0.2, 0.25) is 5.91 Å². The Labute approximate surface area is 138 Å². The molecule has 122 valence electrons. The molecule has 22 heavy (non-hydrogen) atoms. The molecule has 1 aromatic rings. The SMILES string of the molecule is Cl.NC(C(=O)NCC1CCc2ccccc21)C1CCOCC1. The molecule has 0 aromatic heterocycles. The maximum Gasteiger partial charge on any atom is 0.237 e. The summed E-state index contributed by atoms with van der Waals surface area (Å²) in [7, 11) is 0. The van der Waals surface area contributed by atoms with Gasteiger partial charge in [-0.3, -0.25) is 4.79 Å². The van der Waals surface area contributed by atoms with Crippen molar-refractivity contribution in [3.05, 3.63) is 35.4 Å². The lowest BCUT2D eigenvalue weighted by molar-refractivity contribution is -0.124. The first-order chi connectivity index (χ1) is 10.3. The zero-order chi connectivity index (χ0) is 14.7. The van der Waals surface area contributed by atoms with Crippen LogP contribution in [0.25, 0.3) is 0 Å². The fourth-order valence-electron chi connectivity index (χ4n) is 3.49. The van der Waals surface area contributed by atoms with E-state index >= 15 is 0 Å². The third kappa shape index (κ3) is 3.80. The Morgan fingerprint density at radius 2 is 2.00 bits per heavy atom. The maximum absolute atomic E-state index is 12.2. The van der Waals surface area contributed by atoms with Gasteiger partial charge in [0.25, 0.3) is 0 Å². The number of amides is 1. The lowest BCUT2D eigenvalue weighted by Crippen LogP contribution is -2.47. The zero-order valence-corrected chi connectivity index (χ0v) is 13.6. The number of fused-ring (bicyclic) bond motifs is 1. The van der Waals surface area contributed by atoms with Crippen molar-refractivity contribution in [2.75, 3.05) is 19.8 Å². The number of hydrogen-bond acceptors (Lipinski definition) is 3. The average molecular weight is 325 g/mol. The highest BCUT2D eigenvalue weighted by Crippen LogP contribution is 2.32. The fraction of sp³-hybridized carbons (Fsp3) is 0.588. The van der Waals surface area contributed by atoms with E-state index in [0.29, 0.717) is 12.5 Å². The van der Waals surface area contributed by atoms with Crippen LogP contribution in [0.2, 0.25) is 0 Å². The molecule has 4 nitrogen and oxygen atoms in total. The van der Waals surface area contributed by atoms with Crippen LogP contribution in [0.1, 0.15) is 36.3 Å². The van der Waals surface area contributed by atoms with Crippen molar-refractivity contribution in [1.82, 2.24) is 5.32 Å². The van der Waals surface area contributed by atoms with Gasteiger partial charge in [-0.05, 0) is 42.7 Å². The molecule has 2 aliphatic rings. The second-order valence-corrected chi connectivity index (χ2v) is 6.16. The van der Waals surface area contributed by atoms with Crippen molar-refractivity contribution in [1.29, 1.82) is 0 Å². The topological polar surface area (TPSA) is 64.4 Å². The quantitative estimate of drug-likeness (QED) is 0.890. The van der Waals surface area contributed by atoms with Crippen LogP contribution in [0, 0.1) is 5.92 Å². The second kappa shape index (κ2) is 7.95. The van der Waals surface area contributed by atoms with Crippen LogP contribution in [0.4, 0.5) is 0 Å². The Kier molecular flexibility index (Phi) is 6.24. The normalized spacial score (nSPS) is 22.5. The largest absolute Gasteiger partial charge is 0.381 e. The van der Waals surface area contributed by atoms with Crippen molar-refractivity contribution in [3.8, 4) is 0 Å². The van der Waals surface area contributed by atoms with Crippen LogP contribution in [-0.2, 0) is 16.0 Å². The first-order valence-electron chi connectivity index (χ1n) is 7.94. The Balaban J connectivity index is 0.00000176. The minimum Gasteiger partial charge on any atom is -0.381 e. The highest BCUT2D eigenvalue weighted by molar-refractivity contribution is 5.85. The molecule has 1 saturated heterocycles. The van der Waals surface area contributed by atoms with Gasteiger partial charge in [-0.2, -0.15) is 0 Å². The highest BCUT2D eigenvalue weighted by atomic mass is 35.5. The summed E-state index contributed by atoms with van der Waals surface area (Å²) in [6, 6.07) is 8.13. The van der Waals surface area contributed by atoms with E-state index in [1.54, 1.807) is 0 Å². The maximum atomic E-state index is 12.2. The van der Waals surface area contributed by atoms with Crippen LogP contribution < -0.4 is 11.1 Å². The summed E-state index contributed by atoms with van der Waals surface area (Å²) < 4.78 is 5.32. The number of aryl methyl sites for hydroxylation is 1. The molecule has 3 N–H and O–H groups in total. The summed E-state index contributed by atoms with van der Waals surface area (Å²) in [6.45, 7) is 2.15. The van der Waals surface area contributed by atoms with Crippen LogP contribution in [0.3, 0.4) is 0 Å². The summed E-state index contributed by atoms with van der Waals surface area (Å²) in [4.78, 5) is 12.2. The average Bonchev–Trinajstić information content (AvgIpc) is 2.96. The van der Waals surface area contributed by atoms with Crippen LogP contribution >= 0.6 is 12.4 Å². The van der Waals surface area contributed by atoms with Gasteiger partial charge in [0, 0.05) is 25.7 Å². The molecule has 1 fully saturated rings. The number of benzene rings is 1. The zero-order valence-electron chi connectivity index (χ0n) is 12.8. The molecule has 2 unspecified atom stereocenters. The molecule has 3 rings (SSSR count). The van der Waals surface area contributed by atoms with Gasteiger partial charge in [0.05, 0.1) is 6.04 Å². The van der Waals surface area contributed by atoms with Gasteiger partial charge in [-0.25, -0.2) is 0 Å². The van der Waals surface area contributed by atoms with Gasteiger partial charge in [-0.1, -0.05) is 24.3 Å². The summed E-state index contributed by atoms with van der Waals surface area (Å²) in [6.07, 6.45) is 4.01. The molecule has 0 bridgehead atoms. The minimum atomic E-state index is -0.398. The standard InChI is InChI=1S/C17H24N2O2.ClH/c18-16(13-7-9-21-10-8-13)17(20)19-11-14-6-5-12-3-1-2-4-15(12)14;/h1-4,13-14,16H,5-11,18H2,(H,19,20);1H. The number of hydrogen-bond donors (Lipinski definition) is 2. The number of halogens is 1. The molecular formula is C17H25ClN2O2. The van der Waals surface area contributed by atoms with Crippen LogP contribution in [0.15, 0.2) is 24.3 Å². The molecule has 1 heterocycles. The van der Waals surface area contributed by atoms with Crippen molar-refractivity contribution < 1.29 is 9.53 Å². The van der Waals surface area contributed by atoms with Crippen molar-refractivity contribution >= 4 is 18.3 Å². The predicted octanol–water partition coefficient (Wildman–Crippen LogP) is 2.01. The van der Waals surface area contributed by atoms with Gasteiger partial charge in [-0.15, -0.1) is 12.4 Å². The summed E-state index contributed by atoms with van der Waals surface area (Å²) in [5, 5.41) is 3.06. The number of nitrogens with one attached hydrogen (secondary N) is 1. The van der Waals surface area contributed by atoms with Crippen LogP contribution in [0.5, 0.6) is 0 Å². The number of carbonyl (C=O) groups excluding carboxylic acids is 1. The molecule has 5 heteroatoms. The third-order valence-corrected chi connectivity index (χ3v) is 4.86. The van der Waals surface area contributed by atoms with Crippen molar-refractivity contribution in [2.24, 2.45) is 11.7 Å². The van der Waals surface area contributed by atoms with Gasteiger partial charge in [0.15, 0.2) is 0 Å². The van der Waals surface area contributed by atoms with E-state index in [-0.39, 0.29) is 24.2 Å². The Morgan fingerprint density at radius 1 is 1.27 bits per heavy atom. The predicted molar refractivity (Wildman–Crippen MR) is 89.3 cm³/mol. The molecule has 0 radical (unpaired) electrons. The monoisotopic (exact) mass is 324 g/mol. The summed E-state index contributed by atoms with van der Waals surface area (Å²) >= 11 is 0. The molecular weight excluding hydrogens is 300 g/mol. The first kappa shape index (κ1) is 17.3. The molecule has 1 aliphatic carbocycles. The van der Waals surface area contributed by atoms with E-state index < -0.39 is 6.04 Å². The lowest BCUT2D eigenvalue weighted by Gasteiger charge is -2.27. The third-order valence-electron chi connectivity index (χ3n) is 4.86.